The molecule has 0 radical (unpaired) electrons. The van der Waals surface area contributed by atoms with Gasteiger partial charge in [-0.15, -0.1) is 0 Å². The van der Waals surface area contributed by atoms with Gasteiger partial charge in [0.1, 0.15) is 16.4 Å². The minimum absolute atomic E-state index is 0.0784. The first-order valence-electron chi connectivity index (χ1n) is 7.94. The van der Waals surface area contributed by atoms with Crippen LogP contribution in [-0.4, -0.2) is 42.1 Å². The van der Waals surface area contributed by atoms with E-state index in [0.29, 0.717) is 13.0 Å². The van der Waals surface area contributed by atoms with Crippen LogP contribution in [0.2, 0.25) is 0 Å². The van der Waals surface area contributed by atoms with E-state index >= 15 is 0 Å². The van der Waals surface area contributed by atoms with Gasteiger partial charge in [-0.1, -0.05) is 12.1 Å². The monoisotopic (exact) mass is 378 g/mol. The SMILES string of the molecule is CNS(=O)(=O)c1cc(C(=O)NCCc2ccc(OC)cc2)ccc1OC. The van der Waals surface area contributed by atoms with E-state index in [1.54, 1.807) is 7.11 Å². The van der Waals surface area contributed by atoms with Crippen molar-refractivity contribution >= 4 is 15.9 Å². The third kappa shape index (κ3) is 4.74. The summed E-state index contributed by atoms with van der Waals surface area (Å²) in [4.78, 5) is 12.2. The lowest BCUT2D eigenvalue weighted by molar-refractivity contribution is 0.0954. The molecule has 0 spiro atoms. The standard InChI is InChI=1S/C18H22N2O5S/c1-19-26(22,23)17-12-14(6-9-16(17)25-3)18(21)20-11-10-13-4-7-15(24-2)8-5-13/h4-9,12,19H,10-11H2,1-3H3,(H,20,21). The molecule has 2 rings (SSSR count). The smallest absolute Gasteiger partial charge is 0.251 e. The van der Waals surface area contributed by atoms with Gasteiger partial charge in [0.05, 0.1) is 14.2 Å². The highest BCUT2D eigenvalue weighted by Gasteiger charge is 2.20. The first-order chi connectivity index (χ1) is 12.4. The molecular weight excluding hydrogens is 356 g/mol. The van der Waals surface area contributed by atoms with Gasteiger partial charge in [-0.25, -0.2) is 13.1 Å². The number of benzene rings is 2. The fourth-order valence-corrected chi connectivity index (χ4v) is 3.27. The van der Waals surface area contributed by atoms with Crippen molar-refractivity contribution in [3.05, 3.63) is 53.6 Å². The lowest BCUT2D eigenvalue weighted by Gasteiger charge is -2.11. The van der Waals surface area contributed by atoms with Gasteiger partial charge in [0.25, 0.3) is 5.91 Å². The maximum absolute atomic E-state index is 12.3. The van der Waals surface area contributed by atoms with Crippen LogP contribution < -0.4 is 19.5 Å². The van der Waals surface area contributed by atoms with Crippen LogP contribution in [0.3, 0.4) is 0 Å². The number of hydrogen-bond donors (Lipinski definition) is 2. The molecule has 0 saturated heterocycles. The number of carbonyl (C=O) groups is 1. The van der Waals surface area contributed by atoms with Gasteiger partial charge in [0, 0.05) is 12.1 Å². The predicted octanol–water partition coefficient (Wildman–Crippen LogP) is 1.58. The van der Waals surface area contributed by atoms with E-state index in [0.717, 1.165) is 11.3 Å². The molecule has 0 aliphatic carbocycles. The highest BCUT2D eigenvalue weighted by Crippen LogP contribution is 2.24. The van der Waals surface area contributed by atoms with E-state index < -0.39 is 10.0 Å². The Kier molecular flexibility index (Phi) is 6.59. The topological polar surface area (TPSA) is 93.7 Å². The van der Waals surface area contributed by atoms with Crippen LogP contribution in [0.1, 0.15) is 15.9 Å². The molecule has 26 heavy (non-hydrogen) atoms. The second-order valence-corrected chi connectivity index (χ2v) is 7.28. The summed E-state index contributed by atoms with van der Waals surface area (Å²) >= 11 is 0. The summed E-state index contributed by atoms with van der Waals surface area (Å²) in [5.74, 6) is 0.595. The second-order valence-electron chi connectivity index (χ2n) is 5.43. The van der Waals surface area contributed by atoms with E-state index in [4.69, 9.17) is 9.47 Å². The van der Waals surface area contributed by atoms with Gasteiger partial charge < -0.3 is 14.8 Å². The van der Waals surface area contributed by atoms with Crippen LogP contribution in [0.4, 0.5) is 0 Å². The number of hydrogen-bond acceptors (Lipinski definition) is 5. The van der Waals surface area contributed by atoms with Gasteiger partial charge in [-0.2, -0.15) is 0 Å². The summed E-state index contributed by atoms with van der Waals surface area (Å²) in [6.07, 6.45) is 0.646. The van der Waals surface area contributed by atoms with E-state index in [-0.39, 0.29) is 22.1 Å². The Hall–Kier alpha value is -2.58. The molecule has 0 aromatic heterocycles. The molecule has 8 heteroatoms. The molecule has 0 unspecified atom stereocenters. The van der Waals surface area contributed by atoms with Crippen molar-refractivity contribution in [1.29, 1.82) is 0 Å². The number of amides is 1. The van der Waals surface area contributed by atoms with Crippen molar-refractivity contribution in [1.82, 2.24) is 10.0 Å². The number of carbonyl (C=O) groups excluding carboxylic acids is 1. The zero-order chi connectivity index (χ0) is 19.2. The van der Waals surface area contributed by atoms with Crippen molar-refractivity contribution in [3.63, 3.8) is 0 Å². The maximum Gasteiger partial charge on any atom is 0.251 e. The van der Waals surface area contributed by atoms with E-state index in [1.165, 1.54) is 32.4 Å². The zero-order valence-electron chi connectivity index (χ0n) is 14.9. The predicted molar refractivity (Wildman–Crippen MR) is 98.3 cm³/mol. The molecule has 0 aliphatic heterocycles. The summed E-state index contributed by atoms with van der Waals surface area (Å²) in [6.45, 7) is 0.422. The van der Waals surface area contributed by atoms with Crippen LogP contribution in [0.5, 0.6) is 11.5 Å². The largest absolute Gasteiger partial charge is 0.497 e. The third-order valence-electron chi connectivity index (χ3n) is 3.84. The normalized spacial score (nSPS) is 11.0. The minimum Gasteiger partial charge on any atom is -0.497 e. The first-order valence-corrected chi connectivity index (χ1v) is 9.42. The molecule has 0 atom stereocenters. The lowest BCUT2D eigenvalue weighted by Crippen LogP contribution is -2.26. The number of methoxy groups -OCH3 is 2. The molecular formula is C18H22N2O5S. The van der Waals surface area contributed by atoms with E-state index in [2.05, 4.69) is 10.0 Å². The maximum atomic E-state index is 12.3. The fourth-order valence-electron chi connectivity index (χ4n) is 2.35. The van der Waals surface area contributed by atoms with Gasteiger partial charge >= 0.3 is 0 Å². The first kappa shape index (κ1) is 19.7. The highest BCUT2D eigenvalue weighted by molar-refractivity contribution is 7.89. The van der Waals surface area contributed by atoms with Crippen LogP contribution in [0.15, 0.2) is 47.4 Å². The zero-order valence-corrected chi connectivity index (χ0v) is 15.7. The average Bonchev–Trinajstić information content (AvgIpc) is 2.67. The summed E-state index contributed by atoms with van der Waals surface area (Å²) in [7, 11) is 0.545. The summed E-state index contributed by atoms with van der Waals surface area (Å²) in [6, 6.07) is 11.9. The molecule has 2 N–H and O–H groups in total. The molecule has 0 fully saturated rings. The molecule has 140 valence electrons. The molecule has 0 heterocycles. The summed E-state index contributed by atoms with van der Waals surface area (Å²) < 4.78 is 36.5. The van der Waals surface area contributed by atoms with Gasteiger partial charge in [0.2, 0.25) is 10.0 Å². The van der Waals surface area contributed by atoms with Gasteiger partial charge in [-0.05, 0) is 49.4 Å². The Balaban J connectivity index is 2.06. The quantitative estimate of drug-likeness (QED) is 0.727. The van der Waals surface area contributed by atoms with Crippen molar-refractivity contribution in [2.45, 2.75) is 11.3 Å². The van der Waals surface area contributed by atoms with Crippen molar-refractivity contribution in [3.8, 4) is 11.5 Å². The molecule has 7 nitrogen and oxygen atoms in total. The molecule has 1 amide bonds. The summed E-state index contributed by atoms with van der Waals surface area (Å²) in [5, 5.41) is 2.78. The van der Waals surface area contributed by atoms with Gasteiger partial charge in [0.15, 0.2) is 0 Å². The number of sulfonamides is 1. The number of rotatable bonds is 8. The third-order valence-corrected chi connectivity index (χ3v) is 5.28. The molecule has 2 aromatic carbocycles. The average molecular weight is 378 g/mol. The number of ether oxygens (including phenoxy) is 2. The van der Waals surface area contributed by atoms with Crippen LogP contribution >= 0.6 is 0 Å². The number of nitrogens with one attached hydrogen (secondary N) is 2. The van der Waals surface area contributed by atoms with Crippen molar-refractivity contribution in [2.24, 2.45) is 0 Å². The van der Waals surface area contributed by atoms with Crippen LogP contribution in [0.25, 0.3) is 0 Å². The Morgan fingerprint density at radius 3 is 2.31 bits per heavy atom. The lowest BCUT2D eigenvalue weighted by atomic mass is 10.1. The fraction of sp³-hybridized carbons (Fsp3) is 0.278. The molecule has 0 bridgehead atoms. The Morgan fingerprint density at radius 1 is 1.04 bits per heavy atom. The summed E-state index contributed by atoms with van der Waals surface area (Å²) in [5.41, 5.74) is 1.30. The van der Waals surface area contributed by atoms with Crippen molar-refractivity contribution in [2.75, 3.05) is 27.8 Å². The van der Waals surface area contributed by atoms with E-state index in [9.17, 15) is 13.2 Å². The van der Waals surface area contributed by atoms with Crippen LogP contribution in [-0.2, 0) is 16.4 Å². The van der Waals surface area contributed by atoms with E-state index in [1.807, 2.05) is 24.3 Å². The second kappa shape index (κ2) is 8.68. The van der Waals surface area contributed by atoms with Crippen LogP contribution in [0, 0.1) is 0 Å². The Labute approximate surface area is 153 Å². The Morgan fingerprint density at radius 2 is 1.73 bits per heavy atom. The molecule has 0 aliphatic rings. The van der Waals surface area contributed by atoms with Crippen molar-refractivity contribution < 1.29 is 22.7 Å². The Bertz CT molecular complexity index is 864. The molecule has 0 saturated carbocycles. The van der Waals surface area contributed by atoms with Gasteiger partial charge in [-0.3, -0.25) is 4.79 Å². The minimum atomic E-state index is -3.73. The highest BCUT2D eigenvalue weighted by atomic mass is 32.2. The molecule has 2 aromatic rings.